The molecule has 2 unspecified atom stereocenters. The molecule has 0 aliphatic rings. The Morgan fingerprint density at radius 2 is 2.16 bits per heavy atom. The van der Waals surface area contributed by atoms with Gasteiger partial charge in [-0.15, -0.1) is 0 Å². The van der Waals surface area contributed by atoms with Crippen molar-refractivity contribution in [2.24, 2.45) is 5.84 Å². The van der Waals surface area contributed by atoms with Crippen molar-refractivity contribution in [1.29, 1.82) is 0 Å². The smallest absolute Gasteiger partial charge is 0.123 e. The van der Waals surface area contributed by atoms with Crippen LogP contribution >= 0.6 is 11.6 Å². The summed E-state index contributed by atoms with van der Waals surface area (Å²) >= 11 is 6.08. The minimum absolute atomic E-state index is 0.000617. The Morgan fingerprint density at radius 1 is 1.42 bits per heavy atom. The van der Waals surface area contributed by atoms with Gasteiger partial charge in [0.1, 0.15) is 5.82 Å². The quantitative estimate of drug-likeness (QED) is 0.571. The van der Waals surface area contributed by atoms with Gasteiger partial charge in [0.05, 0.1) is 12.1 Å². The molecular formula is C14H22ClFN2O. The van der Waals surface area contributed by atoms with Crippen molar-refractivity contribution in [2.75, 3.05) is 6.61 Å². The van der Waals surface area contributed by atoms with Gasteiger partial charge in [-0.2, -0.15) is 0 Å². The van der Waals surface area contributed by atoms with Crippen LogP contribution in [0.25, 0.3) is 0 Å². The Balaban J connectivity index is 2.81. The molecule has 0 heterocycles. The first-order valence-electron chi connectivity index (χ1n) is 6.64. The Kier molecular flexibility index (Phi) is 7.31. The summed E-state index contributed by atoms with van der Waals surface area (Å²) in [5.41, 5.74) is 3.50. The number of benzene rings is 1. The van der Waals surface area contributed by atoms with E-state index in [0.717, 1.165) is 18.4 Å². The van der Waals surface area contributed by atoms with Crippen molar-refractivity contribution >= 4 is 11.6 Å². The maximum Gasteiger partial charge on any atom is 0.123 e. The van der Waals surface area contributed by atoms with E-state index in [1.165, 1.54) is 12.1 Å². The van der Waals surface area contributed by atoms with E-state index in [1.807, 2.05) is 6.92 Å². The van der Waals surface area contributed by atoms with E-state index in [0.29, 0.717) is 18.1 Å². The van der Waals surface area contributed by atoms with Gasteiger partial charge < -0.3 is 4.74 Å². The molecule has 1 rings (SSSR count). The monoisotopic (exact) mass is 288 g/mol. The second kappa shape index (κ2) is 8.48. The lowest BCUT2D eigenvalue weighted by Crippen LogP contribution is -2.46. The summed E-state index contributed by atoms with van der Waals surface area (Å²) in [4.78, 5) is 0. The lowest BCUT2D eigenvalue weighted by molar-refractivity contribution is 0.0281. The maximum atomic E-state index is 13.3. The van der Waals surface area contributed by atoms with Crippen LogP contribution in [0.3, 0.4) is 0 Å². The third kappa shape index (κ3) is 5.07. The number of hydrogen-bond acceptors (Lipinski definition) is 3. The molecule has 3 nitrogen and oxygen atoms in total. The summed E-state index contributed by atoms with van der Waals surface area (Å²) in [6, 6.07) is 4.28. The lowest BCUT2D eigenvalue weighted by atomic mass is 9.98. The van der Waals surface area contributed by atoms with Crippen molar-refractivity contribution in [3.8, 4) is 0 Å². The van der Waals surface area contributed by atoms with Crippen LogP contribution in [0.4, 0.5) is 4.39 Å². The molecule has 0 saturated carbocycles. The fourth-order valence-corrected chi connectivity index (χ4v) is 2.33. The molecule has 5 heteroatoms. The molecule has 3 N–H and O–H groups in total. The van der Waals surface area contributed by atoms with Gasteiger partial charge in [-0.05, 0) is 43.5 Å². The molecule has 1 aromatic carbocycles. The van der Waals surface area contributed by atoms with Gasteiger partial charge in [-0.3, -0.25) is 11.3 Å². The zero-order valence-corrected chi connectivity index (χ0v) is 12.2. The highest BCUT2D eigenvalue weighted by Crippen LogP contribution is 2.21. The Morgan fingerprint density at radius 3 is 2.74 bits per heavy atom. The van der Waals surface area contributed by atoms with Gasteiger partial charge in [0.2, 0.25) is 0 Å². The summed E-state index contributed by atoms with van der Waals surface area (Å²) in [7, 11) is 0. The summed E-state index contributed by atoms with van der Waals surface area (Å²) < 4.78 is 19.0. The van der Waals surface area contributed by atoms with Gasteiger partial charge >= 0.3 is 0 Å². The Labute approximate surface area is 119 Å². The molecule has 108 valence electrons. The topological polar surface area (TPSA) is 47.3 Å². The first kappa shape index (κ1) is 16.4. The molecule has 0 aromatic heterocycles. The van der Waals surface area contributed by atoms with Crippen LogP contribution in [0.1, 0.15) is 32.3 Å². The van der Waals surface area contributed by atoms with Crippen LogP contribution in [-0.4, -0.2) is 18.8 Å². The maximum absolute atomic E-state index is 13.3. The number of rotatable bonds is 8. The number of hydrazine groups is 1. The third-order valence-electron chi connectivity index (χ3n) is 3.06. The second-order valence-electron chi connectivity index (χ2n) is 4.50. The van der Waals surface area contributed by atoms with E-state index in [-0.39, 0.29) is 18.0 Å². The molecule has 0 amide bonds. The van der Waals surface area contributed by atoms with E-state index >= 15 is 0 Å². The van der Waals surface area contributed by atoms with E-state index in [1.54, 1.807) is 6.07 Å². The largest absolute Gasteiger partial charge is 0.377 e. The highest BCUT2D eigenvalue weighted by Gasteiger charge is 2.21. The van der Waals surface area contributed by atoms with Gasteiger partial charge in [0, 0.05) is 11.6 Å². The van der Waals surface area contributed by atoms with E-state index in [2.05, 4.69) is 12.3 Å². The number of nitrogens with two attached hydrogens (primary N) is 1. The van der Waals surface area contributed by atoms with Crippen LogP contribution in [0.2, 0.25) is 5.02 Å². The number of ether oxygens (including phenoxy) is 1. The van der Waals surface area contributed by atoms with Crippen LogP contribution < -0.4 is 11.3 Å². The molecule has 0 aliphatic heterocycles. The molecule has 0 radical (unpaired) electrons. The van der Waals surface area contributed by atoms with Gasteiger partial charge in [-0.1, -0.05) is 24.9 Å². The second-order valence-corrected chi connectivity index (χ2v) is 4.90. The normalized spacial score (nSPS) is 14.4. The van der Waals surface area contributed by atoms with E-state index < -0.39 is 0 Å². The number of nitrogens with one attached hydrogen (secondary N) is 1. The molecule has 19 heavy (non-hydrogen) atoms. The molecular weight excluding hydrogens is 267 g/mol. The Hall–Kier alpha value is -0.680. The molecule has 0 aliphatic carbocycles. The van der Waals surface area contributed by atoms with Gasteiger partial charge in [0.25, 0.3) is 0 Å². The van der Waals surface area contributed by atoms with Crippen molar-refractivity contribution in [2.45, 2.75) is 45.3 Å². The first-order valence-corrected chi connectivity index (χ1v) is 7.01. The average molecular weight is 289 g/mol. The van der Waals surface area contributed by atoms with Crippen LogP contribution in [0.5, 0.6) is 0 Å². The zero-order valence-electron chi connectivity index (χ0n) is 11.5. The molecule has 0 bridgehead atoms. The molecule has 0 spiro atoms. The standard InChI is InChI=1S/C14H22ClFN2O/c1-3-5-14(19-4-2)13(18-17)9-10-8-11(16)6-7-12(10)15/h6-8,13-14,18H,3-5,9,17H2,1-2H3. The van der Waals surface area contributed by atoms with E-state index in [9.17, 15) is 4.39 Å². The highest BCUT2D eigenvalue weighted by molar-refractivity contribution is 6.31. The van der Waals surface area contributed by atoms with Gasteiger partial charge in [-0.25, -0.2) is 4.39 Å². The minimum atomic E-state index is -0.293. The van der Waals surface area contributed by atoms with Crippen molar-refractivity contribution < 1.29 is 9.13 Å². The third-order valence-corrected chi connectivity index (χ3v) is 3.43. The highest BCUT2D eigenvalue weighted by atomic mass is 35.5. The van der Waals surface area contributed by atoms with Gasteiger partial charge in [0.15, 0.2) is 0 Å². The molecule has 0 saturated heterocycles. The number of halogens is 2. The lowest BCUT2D eigenvalue weighted by Gasteiger charge is -2.26. The predicted molar refractivity (Wildman–Crippen MR) is 76.5 cm³/mol. The Bertz CT molecular complexity index is 384. The predicted octanol–water partition coefficient (Wildman–Crippen LogP) is 3.06. The minimum Gasteiger partial charge on any atom is -0.377 e. The van der Waals surface area contributed by atoms with Crippen molar-refractivity contribution in [3.05, 3.63) is 34.6 Å². The summed E-state index contributed by atoms with van der Waals surface area (Å²) in [5.74, 6) is 5.31. The summed E-state index contributed by atoms with van der Waals surface area (Å²) in [6.07, 6.45) is 2.44. The molecule has 1 aromatic rings. The van der Waals surface area contributed by atoms with Crippen LogP contribution in [0.15, 0.2) is 18.2 Å². The van der Waals surface area contributed by atoms with E-state index in [4.69, 9.17) is 22.2 Å². The fraction of sp³-hybridized carbons (Fsp3) is 0.571. The van der Waals surface area contributed by atoms with Crippen molar-refractivity contribution in [3.63, 3.8) is 0 Å². The number of hydrogen-bond donors (Lipinski definition) is 2. The molecule has 0 fully saturated rings. The SMILES string of the molecule is CCCC(OCC)C(Cc1cc(F)ccc1Cl)NN. The van der Waals surface area contributed by atoms with Crippen molar-refractivity contribution in [1.82, 2.24) is 5.43 Å². The van der Waals surface area contributed by atoms with Crippen LogP contribution in [-0.2, 0) is 11.2 Å². The zero-order chi connectivity index (χ0) is 14.3. The van der Waals surface area contributed by atoms with Crippen LogP contribution in [0, 0.1) is 5.82 Å². The summed E-state index contributed by atoms with van der Waals surface area (Å²) in [5, 5.41) is 0.549. The average Bonchev–Trinajstić information content (AvgIpc) is 2.39. The molecule has 2 atom stereocenters. The first-order chi connectivity index (χ1) is 9.12. The fourth-order valence-electron chi connectivity index (χ4n) is 2.13. The summed E-state index contributed by atoms with van der Waals surface area (Å²) in [6.45, 7) is 4.67.